The minimum atomic E-state index is -0.419. The summed E-state index contributed by atoms with van der Waals surface area (Å²) in [6.45, 7) is 0. The number of carbonyl (C=O) groups excluding carboxylic acids is 1. The van der Waals surface area contributed by atoms with Gasteiger partial charge in [-0.3, -0.25) is 9.59 Å². The molecule has 0 fully saturated rings. The van der Waals surface area contributed by atoms with E-state index in [-0.39, 0.29) is 5.56 Å². The van der Waals surface area contributed by atoms with Crippen molar-refractivity contribution in [2.24, 2.45) is 0 Å². The monoisotopic (exact) mass is 309 g/mol. The van der Waals surface area contributed by atoms with Crippen molar-refractivity contribution in [3.8, 4) is 0 Å². The van der Waals surface area contributed by atoms with E-state index in [4.69, 9.17) is 11.6 Å². The van der Waals surface area contributed by atoms with E-state index in [1.807, 2.05) is 36.4 Å². The smallest absolute Gasteiger partial charge is 0.259 e. The van der Waals surface area contributed by atoms with Crippen molar-refractivity contribution in [2.45, 2.75) is 0 Å². The van der Waals surface area contributed by atoms with Gasteiger partial charge in [-0.25, -0.2) is 0 Å². The molecule has 1 N–H and O–H groups in total. The third-order valence-corrected chi connectivity index (χ3v) is 3.65. The first-order valence-electron chi connectivity index (χ1n) is 6.74. The molecule has 0 aliphatic carbocycles. The van der Waals surface area contributed by atoms with E-state index in [1.54, 1.807) is 24.3 Å². The van der Waals surface area contributed by atoms with Crippen LogP contribution in [0.15, 0.2) is 71.5 Å². The predicted octanol–water partition coefficient (Wildman–Crippen LogP) is 3.99. The zero-order chi connectivity index (χ0) is 15.5. The van der Waals surface area contributed by atoms with Gasteiger partial charge in [-0.2, -0.15) is 0 Å². The van der Waals surface area contributed by atoms with Crippen molar-refractivity contribution in [3.63, 3.8) is 0 Å². The van der Waals surface area contributed by atoms with Gasteiger partial charge >= 0.3 is 0 Å². The zero-order valence-electron chi connectivity index (χ0n) is 11.5. The van der Waals surface area contributed by atoms with Crippen molar-refractivity contribution in [1.82, 2.24) is 4.98 Å². The van der Waals surface area contributed by atoms with Crippen LogP contribution < -0.4 is 5.56 Å². The quantitative estimate of drug-likeness (QED) is 0.587. The number of aromatic nitrogens is 1. The number of nitrogens with one attached hydrogen (secondary N) is 1. The van der Waals surface area contributed by atoms with Crippen LogP contribution in [0.2, 0.25) is 0 Å². The second-order valence-electron chi connectivity index (χ2n) is 4.82. The van der Waals surface area contributed by atoms with E-state index < -0.39 is 11.3 Å². The highest BCUT2D eigenvalue weighted by molar-refractivity contribution is 6.50. The first-order valence-corrected chi connectivity index (χ1v) is 7.12. The van der Waals surface area contributed by atoms with Crippen molar-refractivity contribution in [3.05, 3.63) is 88.2 Å². The van der Waals surface area contributed by atoms with Gasteiger partial charge < -0.3 is 4.98 Å². The lowest BCUT2D eigenvalue weighted by molar-refractivity contribution is 0.104. The molecular weight excluding hydrogens is 298 g/mol. The molecule has 3 rings (SSSR count). The van der Waals surface area contributed by atoms with Crippen LogP contribution in [0.1, 0.15) is 15.9 Å². The maximum atomic E-state index is 12.3. The molecule has 22 heavy (non-hydrogen) atoms. The van der Waals surface area contributed by atoms with Gasteiger partial charge in [0.15, 0.2) is 5.78 Å². The fourth-order valence-corrected chi connectivity index (χ4v) is 2.43. The largest absolute Gasteiger partial charge is 0.321 e. The second-order valence-corrected chi connectivity index (χ2v) is 5.23. The molecule has 1 heterocycles. The number of allylic oxidation sites excluding steroid dienone is 1. The van der Waals surface area contributed by atoms with Crippen LogP contribution in [-0.2, 0) is 0 Å². The Kier molecular flexibility index (Phi) is 3.90. The third-order valence-electron chi connectivity index (χ3n) is 3.33. The first-order chi connectivity index (χ1) is 10.6. The maximum absolute atomic E-state index is 12.3. The third kappa shape index (κ3) is 2.85. The van der Waals surface area contributed by atoms with Crippen molar-refractivity contribution >= 4 is 33.3 Å². The number of rotatable bonds is 3. The minimum Gasteiger partial charge on any atom is -0.321 e. The number of benzene rings is 2. The molecule has 0 radical (unpaired) electrons. The summed E-state index contributed by atoms with van der Waals surface area (Å²) in [5.41, 5.74) is 1.09. The van der Waals surface area contributed by atoms with Crippen LogP contribution in [0.3, 0.4) is 0 Å². The second kappa shape index (κ2) is 6.00. The Labute approximate surface area is 131 Å². The maximum Gasteiger partial charge on any atom is 0.259 e. The van der Waals surface area contributed by atoms with Gasteiger partial charge in [0, 0.05) is 11.6 Å². The summed E-state index contributed by atoms with van der Waals surface area (Å²) < 4.78 is 0. The van der Waals surface area contributed by atoms with Crippen LogP contribution in [0.5, 0.6) is 0 Å². The SMILES string of the molecule is O=C(/C=C(\Cl)c1ccccc1)c1cc2ccccc2[nH]c1=O. The highest BCUT2D eigenvalue weighted by atomic mass is 35.5. The highest BCUT2D eigenvalue weighted by Crippen LogP contribution is 2.19. The topological polar surface area (TPSA) is 49.9 Å². The first kappa shape index (κ1) is 14.3. The molecule has 0 unspecified atom stereocenters. The van der Waals surface area contributed by atoms with Crippen molar-refractivity contribution in [2.75, 3.05) is 0 Å². The Morgan fingerprint density at radius 2 is 1.68 bits per heavy atom. The number of hydrogen-bond acceptors (Lipinski definition) is 2. The van der Waals surface area contributed by atoms with E-state index in [9.17, 15) is 9.59 Å². The molecule has 0 saturated heterocycles. The Balaban J connectivity index is 2.02. The molecule has 0 amide bonds. The van der Waals surface area contributed by atoms with Gasteiger partial charge in [0.2, 0.25) is 0 Å². The molecule has 0 atom stereocenters. The Morgan fingerprint density at radius 1 is 1.00 bits per heavy atom. The summed E-state index contributed by atoms with van der Waals surface area (Å²) in [7, 11) is 0. The fourth-order valence-electron chi connectivity index (χ4n) is 2.20. The standard InChI is InChI=1S/C18H12ClNO2/c19-15(12-6-2-1-3-7-12)11-17(21)14-10-13-8-4-5-9-16(13)20-18(14)22/h1-11H,(H,20,22)/b15-11-. The van der Waals surface area contributed by atoms with E-state index in [0.717, 1.165) is 10.9 Å². The molecule has 1 aromatic heterocycles. The number of pyridine rings is 1. The molecule has 0 aliphatic rings. The van der Waals surface area contributed by atoms with Gasteiger partial charge in [-0.1, -0.05) is 60.1 Å². The number of halogens is 1. The van der Waals surface area contributed by atoms with Crippen LogP contribution in [0.4, 0.5) is 0 Å². The molecule has 0 saturated carbocycles. The highest BCUT2D eigenvalue weighted by Gasteiger charge is 2.11. The minimum absolute atomic E-state index is 0.0766. The van der Waals surface area contributed by atoms with E-state index in [1.165, 1.54) is 6.08 Å². The van der Waals surface area contributed by atoms with Gasteiger partial charge in [-0.15, -0.1) is 0 Å². The molecule has 2 aromatic carbocycles. The van der Waals surface area contributed by atoms with Gasteiger partial charge in [0.05, 0.1) is 10.6 Å². The lowest BCUT2D eigenvalue weighted by Crippen LogP contribution is -2.16. The van der Waals surface area contributed by atoms with Crippen LogP contribution >= 0.6 is 11.6 Å². The van der Waals surface area contributed by atoms with Gasteiger partial charge in [0.25, 0.3) is 5.56 Å². The summed E-state index contributed by atoms with van der Waals surface area (Å²) in [5.74, 6) is -0.416. The summed E-state index contributed by atoms with van der Waals surface area (Å²) >= 11 is 6.15. The molecule has 0 spiro atoms. The predicted molar refractivity (Wildman–Crippen MR) is 89.2 cm³/mol. The number of H-pyrrole nitrogens is 1. The van der Waals surface area contributed by atoms with Crippen molar-refractivity contribution < 1.29 is 4.79 Å². The normalized spacial score (nSPS) is 11.6. The molecule has 0 bridgehead atoms. The number of hydrogen-bond donors (Lipinski definition) is 1. The van der Waals surface area contributed by atoms with Gasteiger partial charge in [0.1, 0.15) is 0 Å². The Morgan fingerprint density at radius 3 is 2.45 bits per heavy atom. The van der Waals surface area contributed by atoms with E-state index in [2.05, 4.69) is 4.98 Å². The lowest BCUT2D eigenvalue weighted by Gasteiger charge is -2.01. The fraction of sp³-hybridized carbons (Fsp3) is 0. The summed E-state index contributed by atoms with van der Waals surface area (Å²) in [6, 6.07) is 18.0. The van der Waals surface area contributed by atoms with E-state index in [0.29, 0.717) is 10.5 Å². The number of ketones is 1. The van der Waals surface area contributed by atoms with Crippen LogP contribution in [0, 0.1) is 0 Å². The molecular formula is C18H12ClNO2. The molecule has 3 aromatic rings. The molecule has 108 valence electrons. The number of fused-ring (bicyclic) bond motifs is 1. The molecule has 0 aliphatic heterocycles. The lowest BCUT2D eigenvalue weighted by atomic mass is 10.1. The number of aromatic amines is 1. The van der Waals surface area contributed by atoms with Crippen LogP contribution in [-0.4, -0.2) is 10.8 Å². The average molecular weight is 310 g/mol. The Hall–Kier alpha value is -2.65. The van der Waals surface area contributed by atoms with Crippen LogP contribution in [0.25, 0.3) is 15.9 Å². The molecule has 3 nitrogen and oxygen atoms in total. The molecule has 4 heteroatoms. The number of carbonyl (C=O) groups is 1. The Bertz CT molecular complexity index is 926. The van der Waals surface area contributed by atoms with Crippen molar-refractivity contribution in [1.29, 1.82) is 0 Å². The summed E-state index contributed by atoms with van der Waals surface area (Å²) in [6.07, 6.45) is 1.27. The average Bonchev–Trinajstić information content (AvgIpc) is 2.54. The summed E-state index contributed by atoms with van der Waals surface area (Å²) in [5, 5.41) is 1.10. The van der Waals surface area contributed by atoms with Gasteiger partial charge in [-0.05, 0) is 23.1 Å². The van der Waals surface area contributed by atoms with E-state index >= 15 is 0 Å². The summed E-state index contributed by atoms with van der Waals surface area (Å²) in [4.78, 5) is 27.1. The zero-order valence-corrected chi connectivity index (χ0v) is 12.3. The number of para-hydroxylation sites is 1.